The first kappa shape index (κ1) is 20.1. The summed E-state index contributed by atoms with van der Waals surface area (Å²) in [6.45, 7) is 9.73. The Morgan fingerprint density at radius 1 is 1.26 bits per heavy atom. The second-order valence-corrected chi connectivity index (χ2v) is 6.33. The first-order chi connectivity index (χ1) is 10.7. The van der Waals surface area contributed by atoms with Crippen LogP contribution in [0.2, 0.25) is 0 Å². The van der Waals surface area contributed by atoms with E-state index in [4.69, 9.17) is 4.74 Å². The smallest absolute Gasteiger partial charge is 0.191 e. The molecule has 0 aliphatic heterocycles. The third kappa shape index (κ3) is 7.90. The van der Waals surface area contributed by atoms with Crippen molar-refractivity contribution in [2.24, 2.45) is 16.8 Å². The van der Waals surface area contributed by atoms with Crippen molar-refractivity contribution in [3.8, 4) is 5.75 Å². The van der Waals surface area contributed by atoms with Crippen molar-refractivity contribution in [2.45, 2.75) is 40.2 Å². The highest BCUT2D eigenvalue weighted by Crippen LogP contribution is 2.30. The van der Waals surface area contributed by atoms with Gasteiger partial charge in [-0.1, -0.05) is 32.0 Å². The fraction of sp³-hybridized carbons (Fsp3) is 0.611. The lowest BCUT2D eigenvalue weighted by Gasteiger charge is -2.14. The third-order valence-electron chi connectivity index (χ3n) is 3.57. The molecule has 0 atom stereocenters. The van der Waals surface area contributed by atoms with Crippen LogP contribution in [0, 0.1) is 11.8 Å². The average molecular weight is 431 g/mol. The highest BCUT2D eigenvalue weighted by atomic mass is 127. The van der Waals surface area contributed by atoms with Gasteiger partial charge in [-0.3, -0.25) is 0 Å². The molecule has 1 saturated carbocycles. The van der Waals surface area contributed by atoms with Gasteiger partial charge in [0.05, 0.1) is 13.2 Å². The van der Waals surface area contributed by atoms with Gasteiger partial charge >= 0.3 is 0 Å². The molecule has 0 unspecified atom stereocenters. The Morgan fingerprint density at radius 3 is 2.65 bits per heavy atom. The van der Waals surface area contributed by atoms with E-state index in [0.29, 0.717) is 12.5 Å². The average Bonchev–Trinajstić information content (AvgIpc) is 3.33. The molecule has 1 aromatic carbocycles. The van der Waals surface area contributed by atoms with Crippen LogP contribution in [0.25, 0.3) is 0 Å². The number of para-hydroxylation sites is 1. The van der Waals surface area contributed by atoms with E-state index in [1.54, 1.807) is 0 Å². The third-order valence-corrected chi connectivity index (χ3v) is 3.57. The summed E-state index contributed by atoms with van der Waals surface area (Å²) in [5.41, 5.74) is 1.14. The van der Waals surface area contributed by atoms with Crippen LogP contribution in [0.1, 0.15) is 39.2 Å². The highest BCUT2D eigenvalue weighted by Gasteiger charge is 2.22. The molecular formula is C18H30IN3O. The summed E-state index contributed by atoms with van der Waals surface area (Å²) < 4.78 is 5.94. The van der Waals surface area contributed by atoms with Gasteiger partial charge in [0, 0.05) is 18.7 Å². The molecular weight excluding hydrogens is 401 g/mol. The van der Waals surface area contributed by atoms with Crippen LogP contribution in [0.5, 0.6) is 5.75 Å². The van der Waals surface area contributed by atoms with Crippen molar-refractivity contribution < 1.29 is 4.74 Å². The van der Waals surface area contributed by atoms with Gasteiger partial charge in [-0.2, -0.15) is 0 Å². The molecule has 2 N–H and O–H groups in total. The molecule has 0 spiro atoms. The number of nitrogens with zero attached hydrogens (tertiary/aromatic N) is 1. The van der Waals surface area contributed by atoms with E-state index >= 15 is 0 Å². The maximum absolute atomic E-state index is 5.94. The second-order valence-electron chi connectivity index (χ2n) is 6.33. The molecule has 130 valence electrons. The van der Waals surface area contributed by atoms with Crippen LogP contribution in [0.4, 0.5) is 0 Å². The van der Waals surface area contributed by atoms with Crippen LogP contribution in [0.15, 0.2) is 29.3 Å². The minimum atomic E-state index is 0. The van der Waals surface area contributed by atoms with Crippen molar-refractivity contribution in [1.82, 2.24) is 10.6 Å². The lowest BCUT2D eigenvalue weighted by Crippen LogP contribution is -2.39. The van der Waals surface area contributed by atoms with Gasteiger partial charge in [-0.05, 0) is 37.7 Å². The monoisotopic (exact) mass is 431 g/mol. The molecule has 1 aliphatic carbocycles. The summed E-state index contributed by atoms with van der Waals surface area (Å²) in [5, 5.41) is 6.65. The van der Waals surface area contributed by atoms with Crippen molar-refractivity contribution in [1.29, 1.82) is 0 Å². The van der Waals surface area contributed by atoms with Crippen LogP contribution >= 0.6 is 24.0 Å². The summed E-state index contributed by atoms with van der Waals surface area (Å²) >= 11 is 0. The molecule has 0 aromatic heterocycles. The Bertz CT molecular complexity index is 487. The van der Waals surface area contributed by atoms with Crippen LogP contribution in [-0.4, -0.2) is 25.7 Å². The number of halogens is 1. The van der Waals surface area contributed by atoms with Crippen LogP contribution < -0.4 is 15.4 Å². The molecule has 5 heteroatoms. The molecule has 0 heterocycles. The van der Waals surface area contributed by atoms with Gasteiger partial charge in [-0.15, -0.1) is 24.0 Å². The maximum atomic E-state index is 5.94. The second kappa shape index (κ2) is 10.7. The fourth-order valence-electron chi connectivity index (χ4n) is 2.07. The molecule has 1 fully saturated rings. The number of nitrogens with one attached hydrogen (secondary N) is 2. The molecule has 4 nitrogen and oxygen atoms in total. The first-order valence-electron chi connectivity index (χ1n) is 8.42. The molecule has 0 radical (unpaired) electrons. The Kier molecular flexibility index (Phi) is 9.36. The SMILES string of the molecule is CCNC(=NCc1ccccc1OCC1CC1)NCC(C)C.I. The lowest BCUT2D eigenvalue weighted by molar-refractivity contribution is 0.297. The van der Waals surface area contributed by atoms with Gasteiger partial charge in [0.2, 0.25) is 0 Å². The molecule has 1 aromatic rings. The minimum Gasteiger partial charge on any atom is -0.493 e. The summed E-state index contributed by atoms with van der Waals surface area (Å²) in [6, 6.07) is 8.21. The minimum absolute atomic E-state index is 0. The quantitative estimate of drug-likeness (QED) is 0.374. The number of benzene rings is 1. The van der Waals surface area contributed by atoms with Gasteiger partial charge in [0.15, 0.2) is 5.96 Å². The van der Waals surface area contributed by atoms with E-state index in [-0.39, 0.29) is 24.0 Å². The van der Waals surface area contributed by atoms with Gasteiger partial charge in [0.25, 0.3) is 0 Å². The standard InChI is InChI=1S/C18H29N3O.HI/c1-4-19-18(20-11-14(2)3)21-12-16-7-5-6-8-17(16)22-13-15-9-10-15;/h5-8,14-15H,4,9-13H2,1-3H3,(H2,19,20,21);1H. The molecule has 1 aliphatic rings. The lowest BCUT2D eigenvalue weighted by atomic mass is 10.2. The Labute approximate surface area is 157 Å². The normalized spacial score (nSPS) is 14.3. The van der Waals surface area contributed by atoms with E-state index in [1.165, 1.54) is 12.8 Å². The largest absolute Gasteiger partial charge is 0.493 e. The predicted molar refractivity (Wildman–Crippen MR) is 108 cm³/mol. The number of hydrogen-bond donors (Lipinski definition) is 2. The Morgan fingerprint density at radius 2 is 2.00 bits per heavy atom. The first-order valence-corrected chi connectivity index (χ1v) is 8.42. The zero-order chi connectivity index (χ0) is 15.8. The maximum Gasteiger partial charge on any atom is 0.191 e. The summed E-state index contributed by atoms with van der Waals surface area (Å²) in [4.78, 5) is 4.67. The van der Waals surface area contributed by atoms with E-state index in [1.807, 2.05) is 18.2 Å². The van der Waals surface area contributed by atoms with E-state index < -0.39 is 0 Å². The summed E-state index contributed by atoms with van der Waals surface area (Å²) in [5.74, 6) is 3.20. The molecule has 2 rings (SSSR count). The van der Waals surface area contributed by atoms with Crippen LogP contribution in [-0.2, 0) is 6.54 Å². The summed E-state index contributed by atoms with van der Waals surface area (Å²) in [6.07, 6.45) is 2.62. The van der Waals surface area contributed by atoms with Crippen molar-refractivity contribution in [3.63, 3.8) is 0 Å². The number of ether oxygens (including phenoxy) is 1. The van der Waals surface area contributed by atoms with Gasteiger partial charge in [0.1, 0.15) is 5.75 Å². The molecule has 0 bridgehead atoms. The highest BCUT2D eigenvalue weighted by molar-refractivity contribution is 14.0. The van der Waals surface area contributed by atoms with Gasteiger partial charge in [-0.25, -0.2) is 4.99 Å². The van der Waals surface area contributed by atoms with E-state index in [2.05, 4.69) is 42.5 Å². The molecule has 23 heavy (non-hydrogen) atoms. The van der Waals surface area contributed by atoms with Crippen molar-refractivity contribution in [3.05, 3.63) is 29.8 Å². The predicted octanol–water partition coefficient (Wildman–Crippen LogP) is 3.80. The Balaban J connectivity index is 0.00000264. The number of aliphatic imine (C=N–C) groups is 1. The Hall–Kier alpha value is -0.980. The van der Waals surface area contributed by atoms with E-state index in [9.17, 15) is 0 Å². The van der Waals surface area contributed by atoms with E-state index in [0.717, 1.165) is 42.9 Å². The number of hydrogen-bond acceptors (Lipinski definition) is 2. The van der Waals surface area contributed by atoms with Crippen molar-refractivity contribution in [2.75, 3.05) is 19.7 Å². The van der Waals surface area contributed by atoms with Crippen molar-refractivity contribution >= 4 is 29.9 Å². The number of rotatable bonds is 8. The molecule has 0 saturated heterocycles. The topological polar surface area (TPSA) is 45.7 Å². The molecule has 0 amide bonds. The van der Waals surface area contributed by atoms with Gasteiger partial charge < -0.3 is 15.4 Å². The summed E-state index contributed by atoms with van der Waals surface area (Å²) in [7, 11) is 0. The van der Waals surface area contributed by atoms with Crippen LogP contribution in [0.3, 0.4) is 0 Å². The zero-order valence-electron chi connectivity index (χ0n) is 14.5. The fourth-order valence-corrected chi connectivity index (χ4v) is 2.07. The number of guanidine groups is 1. The zero-order valence-corrected chi connectivity index (χ0v) is 16.8.